The van der Waals surface area contributed by atoms with Crippen molar-refractivity contribution in [2.75, 3.05) is 27.3 Å². The van der Waals surface area contributed by atoms with Crippen LogP contribution in [0.4, 0.5) is 0 Å². The molecule has 0 unspecified atom stereocenters. The van der Waals surface area contributed by atoms with E-state index in [0.29, 0.717) is 48.0 Å². The van der Waals surface area contributed by atoms with Crippen molar-refractivity contribution < 1.29 is 27.4 Å². The highest BCUT2D eigenvalue weighted by molar-refractivity contribution is 7.89. The average Bonchev–Trinajstić information content (AvgIpc) is 3.24. The molecule has 2 heterocycles. The third-order valence-electron chi connectivity index (χ3n) is 5.99. The predicted molar refractivity (Wildman–Crippen MR) is 127 cm³/mol. The second kappa shape index (κ2) is 10.0. The fourth-order valence-electron chi connectivity index (χ4n) is 4.18. The van der Waals surface area contributed by atoms with Gasteiger partial charge >= 0.3 is 5.97 Å². The SMILES string of the molecule is CCn1c(COC(=O)c2cc(OC)cc(OC)c2)nc2cc(S(=O)(=O)N3CCCCC3)ccc21. The maximum Gasteiger partial charge on any atom is 0.338 e. The van der Waals surface area contributed by atoms with E-state index < -0.39 is 16.0 Å². The van der Waals surface area contributed by atoms with E-state index in [1.807, 2.05) is 11.5 Å². The number of aromatic nitrogens is 2. The van der Waals surface area contributed by atoms with Crippen LogP contribution in [0.25, 0.3) is 11.0 Å². The van der Waals surface area contributed by atoms with Crippen LogP contribution in [0.1, 0.15) is 42.4 Å². The van der Waals surface area contributed by atoms with E-state index in [1.165, 1.54) is 14.2 Å². The number of imidazole rings is 1. The van der Waals surface area contributed by atoms with E-state index in [-0.39, 0.29) is 11.5 Å². The molecule has 2 aromatic carbocycles. The Hall–Kier alpha value is -3.11. The van der Waals surface area contributed by atoms with E-state index in [0.717, 1.165) is 24.8 Å². The van der Waals surface area contributed by atoms with Gasteiger partial charge in [0.15, 0.2) is 0 Å². The smallest absolute Gasteiger partial charge is 0.338 e. The number of hydrogen-bond donors (Lipinski definition) is 0. The lowest BCUT2D eigenvalue weighted by molar-refractivity contribution is 0.0458. The minimum Gasteiger partial charge on any atom is -0.497 e. The van der Waals surface area contributed by atoms with Crippen LogP contribution in [0.15, 0.2) is 41.3 Å². The number of methoxy groups -OCH3 is 2. The van der Waals surface area contributed by atoms with Crippen molar-refractivity contribution in [2.24, 2.45) is 0 Å². The largest absolute Gasteiger partial charge is 0.497 e. The highest BCUT2D eigenvalue weighted by Crippen LogP contribution is 2.26. The number of rotatable bonds is 8. The van der Waals surface area contributed by atoms with Gasteiger partial charge in [0, 0.05) is 25.7 Å². The van der Waals surface area contributed by atoms with Gasteiger partial charge in [0.2, 0.25) is 10.0 Å². The molecule has 10 heteroatoms. The summed E-state index contributed by atoms with van der Waals surface area (Å²) in [5.41, 5.74) is 1.63. The lowest BCUT2D eigenvalue weighted by Gasteiger charge is -2.25. The molecule has 0 atom stereocenters. The molecule has 1 fully saturated rings. The van der Waals surface area contributed by atoms with Gasteiger partial charge in [-0.1, -0.05) is 6.42 Å². The maximum absolute atomic E-state index is 13.1. The van der Waals surface area contributed by atoms with Crippen molar-refractivity contribution in [3.05, 3.63) is 47.8 Å². The molecule has 1 aromatic heterocycles. The van der Waals surface area contributed by atoms with Gasteiger partial charge in [0.05, 0.1) is 35.7 Å². The first kappa shape index (κ1) is 24.0. The summed E-state index contributed by atoms with van der Waals surface area (Å²) < 4.78 is 45.5. The monoisotopic (exact) mass is 487 g/mol. The summed E-state index contributed by atoms with van der Waals surface area (Å²) in [7, 11) is -0.549. The van der Waals surface area contributed by atoms with E-state index >= 15 is 0 Å². The topological polar surface area (TPSA) is 100.0 Å². The van der Waals surface area contributed by atoms with Gasteiger partial charge in [0.25, 0.3) is 0 Å². The van der Waals surface area contributed by atoms with Crippen molar-refractivity contribution in [2.45, 2.75) is 44.2 Å². The number of fused-ring (bicyclic) bond motifs is 1. The number of aryl methyl sites for hydroxylation is 1. The number of hydrogen-bond acceptors (Lipinski definition) is 7. The quantitative estimate of drug-likeness (QED) is 0.448. The standard InChI is InChI=1S/C24H29N3O6S/c1-4-27-22-9-8-20(34(29,30)26-10-6-5-7-11-26)15-21(22)25-23(27)16-33-24(28)17-12-18(31-2)14-19(13-17)32-3/h8-9,12-15H,4-7,10-11,16H2,1-3H3. The molecule has 0 bridgehead atoms. The highest BCUT2D eigenvalue weighted by Gasteiger charge is 2.27. The van der Waals surface area contributed by atoms with Crippen LogP contribution in [0, 0.1) is 0 Å². The van der Waals surface area contributed by atoms with Gasteiger partial charge in [-0.2, -0.15) is 4.31 Å². The fraction of sp³-hybridized carbons (Fsp3) is 0.417. The van der Waals surface area contributed by atoms with Crippen LogP contribution in [-0.2, 0) is 27.9 Å². The molecule has 0 saturated carbocycles. The van der Waals surface area contributed by atoms with Crippen molar-refractivity contribution in [3.63, 3.8) is 0 Å². The van der Waals surface area contributed by atoms with Crippen LogP contribution < -0.4 is 9.47 Å². The third kappa shape index (κ3) is 4.74. The first-order valence-corrected chi connectivity index (χ1v) is 12.7. The summed E-state index contributed by atoms with van der Waals surface area (Å²) in [6, 6.07) is 9.81. The summed E-state index contributed by atoms with van der Waals surface area (Å²) in [4.78, 5) is 17.5. The number of carbonyl (C=O) groups is 1. The van der Waals surface area contributed by atoms with Gasteiger partial charge in [-0.15, -0.1) is 0 Å². The van der Waals surface area contributed by atoms with E-state index in [1.54, 1.807) is 40.7 Å². The number of esters is 1. The molecule has 0 radical (unpaired) electrons. The van der Waals surface area contributed by atoms with Crippen LogP contribution in [-0.4, -0.2) is 55.6 Å². The molecule has 0 N–H and O–H groups in total. The predicted octanol–water partition coefficient (Wildman–Crippen LogP) is 3.61. The van der Waals surface area contributed by atoms with Gasteiger partial charge in [-0.05, 0) is 50.1 Å². The van der Waals surface area contributed by atoms with Crippen molar-refractivity contribution in [3.8, 4) is 11.5 Å². The normalized spacial score (nSPS) is 14.8. The van der Waals surface area contributed by atoms with Gasteiger partial charge < -0.3 is 18.8 Å². The number of carbonyl (C=O) groups excluding carboxylic acids is 1. The molecule has 1 aliphatic rings. The van der Waals surface area contributed by atoms with Crippen molar-refractivity contribution >= 4 is 27.0 Å². The zero-order chi connectivity index (χ0) is 24.3. The molecule has 34 heavy (non-hydrogen) atoms. The summed E-state index contributed by atoms with van der Waals surface area (Å²) in [5.74, 6) is 0.956. The number of piperidine rings is 1. The van der Waals surface area contributed by atoms with Crippen LogP contribution in [0.5, 0.6) is 11.5 Å². The van der Waals surface area contributed by atoms with Crippen LogP contribution >= 0.6 is 0 Å². The number of ether oxygens (including phenoxy) is 3. The first-order valence-electron chi connectivity index (χ1n) is 11.3. The Morgan fingerprint density at radius 2 is 1.68 bits per heavy atom. The molecule has 0 aliphatic carbocycles. The Labute approximate surface area is 199 Å². The van der Waals surface area contributed by atoms with E-state index in [2.05, 4.69) is 4.98 Å². The minimum absolute atomic E-state index is 0.0604. The van der Waals surface area contributed by atoms with Gasteiger partial charge in [-0.3, -0.25) is 0 Å². The molecule has 0 amide bonds. The summed E-state index contributed by atoms with van der Waals surface area (Å²) in [5, 5.41) is 0. The van der Waals surface area contributed by atoms with E-state index in [4.69, 9.17) is 14.2 Å². The highest BCUT2D eigenvalue weighted by atomic mass is 32.2. The second-order valence-electron chi connectivity index (χ2n) is 8.07. The molecule has 0 spiro atoms. The summed E-state index contributed by atoms with van der Waals surface area (Å²) in [6.45, 7) is 3.57. The van der Waals surface area contributed by atoms with Crippen molar-refractivity contribution in [1.29, 1.82) is 0 Å². The van der Waals surface area contributed by atoms with E-state index in [9.17, 15) is 13.2 Å². The average molecular weight is 488 g/mol. The molecular formula is C24H29N3O6S. The molecule has 9 nitrogen and oxygen atoms in total. The molecule has 1 aliphatic heterocycles. The lowest BCUT2D eigenvalue weighted by Crippen LogP contribution is -2.35. The third-order valence-corrected chi connectivity index (χ3v) is 7.88. The zero-order valence-electron chi connectivity index (χ0n) is 19.6. The van der Waals surface area contributed by atoms with Gasteiger partial charge in [-0.25, -0.2) is 18.2 Å². The Balaban J connectivity index is 1.58. The van der Waals surface area contributed by atoms with Gasteiger partial charge in [0.1, 0.15) is 23.9 Å². The lowest BCUT2D eigenvalue weighted by atomic mass is 10.2. The van der Waals surface area contributed by atoms with Crippen LogP contribution in [0.3, 0.4) is 0 Å². The fourth-order valence-corrected chi connectivity index (χ4v) is 5.71. The van der Waals surface area contributed by atoms with Crippen molar-refractivity contribution in [1.82, 2.24) is 13.9 Å². The van der Waals surface area contributed by atoms with Crippen LogP contribution in [0.2, 0.25) is 0 Å². The maximum atomic E-state index is 13.1. The number of nitrogens with zero attached hydrogens (tertiary/aromatic N) is 3. The number of sulfonamides is 1. The number of benzene rings is 2. The molecular weight excluding hydrogens is 458 g/mol. The second-order valence-corrected chi connectivity index (χ2v) is 10.0. The molecule has 1 saturated heterocycles. The molecule has 182 valence electrons. The Morgan fingerprint density at radius 3 is 2.29 bits per heavy atom. The summed E-state index contributed by atoms with van der Waals surface area (Å²) >= 11 is 0. The molecule has 4 rings (SSSR count). The zero-order valence-corrected chi connectivity index (χ0v) is 20.4. The minimum atomic E-state index is -3.56. The Morgan fingerprint density at radius 1 is 1.00 bits per heavy atom. The Bertz CT molecular complexity index is 1270. The first-order chi connectivity index (χ1) is 16.4. The Kier molecular flexibility index (Phi) is 7.08. The molecule has 3 aromatic rings. The summed E-state index contributed by atoms with van der Waals surface area (Å²) in [6.07, 6.45) is 2.80.